The molecule has 1 aromatic carbocycles. The van der Waals surface area contributed by atoms with E-state index in [9.17, 15) is 9.59 Å². The first-order valence-electron chi connectivity index (χ1n) is 9.35. The van der Waals surface area contributed by atoms with Gasteiger partial charge in [0.1, 0.15) is 13.2 Å². The van der Waals surface area contributed by atoms with Crippen molar-refractivity contribution < 1.29 is 24.2 Å². The van der Waals surface area contributed by atoms with Crippen LogP contribution in [0.2, 0.25) is 0 Å². The molecule has 0 aliphatic carbocycles. The van der Waals surface area contributed by atoms with Crippen LogP contribution < -0.4 is 14.8 Å². The molecule has 8 nitrogen and oxygen atoms in total. The molecule has 0 bridgehead atoms. The molecule has 0 spiro atoms. The van der Waals surface area contributed by atoms with Crippen LogP contribution in [-0.2, 0) is 9.59 Å². The summed E-state index contributed by atoms with van der Waals surface area (Å²) in [4.78, 5) is 27.3. The van der Waals surface area contributed by atoms with Gasteiger partial charge in [0.2, 0.25) is 5.91 Å². The molecule has 3 rings (SSSR count). The number of nitrogens with zero attached hydrogens (tertiary/aromatic N) is 2. The lowest BCUT2D eigenvalue weighted by Gasteiger charge is -2.25. The third-order valence-corrected chi connectivity index (χ3v) is 4.99. The van der Waals surface area contributed by atoms with Gasteiger partial charge in [0, 0.05) is 24.3 Å². The Morgan fingerprint density at radius 2 is 2.00 bits per heavy atom. The number of hydrogen-bond acceptors (Lipinski definition) is 6. The van der Waals surface area contributed by atoms with Gasteiger partial charge in [-0.25, -0.2) is 0 Å². The fraction of sp³-hybridized carbons (Fsp3) is 0.579. The average molecular weight is 377 g/mol. The molecule has 2 aliphatic heterocycles. The topological polar surface area (TPSA) is 91.3 Å². The molecule has 0 aromatic heterocycles. The summed E-state index contributed by atoms with van der Waals surface area (Å²) >= 11 is 0. The number of nitrogens with one attached hydrogen (secondary N) is 1. The highest BCUT2D eigenvalue weighted by Gasteiger charge is 2.23. The molecule has 2 N–H and O–H groups in total. The number of anilines is 1. The van der Waals surface area contributed by atoms with Crippen LogP contribution >= 0.6 is 0 Å². The van der Waals surface area contributed by atoms with Crippen LogP contribution in [-0.4, -0.2) is 79.3 Å². The van der Waals surface area contributed by atoms with Gasteiger partial charge in [-0.05, 0) is 45.0 Å². The number of amides is 1. The zero-order valence-electron chi connectivity index (χ0n) is 15.6. The van der Waals surface area contributed by atoms with Gasteiger partial charge in [0.25, 0.3) is 0 Å². The number of rotatable bonds is 6. The number of carboxylic acid groups (broad SMARTS) is 1. The Bertz CT molecular complexity index is 681. The first-order valence-corrected chi connectivity index (χ1v) is 9.35. The Morgan fingerprint density at radius 3 is 2.78 bits per heavy atom. The van der Waals surface area contributed by atoms with Crippen molar-refractivity contribution >= 4 is 17.6 Å². The lowest BCUT2D eigenvalue weighted by atomic mass is 10.1. The highest BCUT2D eigenvalue weighted by Crippen LogP contribution is 2.32. The largest absolute Gasteiger partial charge is 0.486 e. The van der Waals surface area contributed by atoms with Crippen molar-refractivity contribution in [2.75, 3.05) is 51.8 Å². The number of benzene rings is 1. The van der Waals surface area contributed by atoms with Crippen molar-refractivity contribution in [1.82, 2.24) is 9.80 Å². The minimum Gasteiger partial charge on any atom is -0.486 e. The Balaban J connectivity index is 1.49. The van der Waals surface area contributed by atoms with Crippen molar-refractivity contribution in [2.24, 2.45) is 0 Å². The second kappa shape index (κ2) is 9.05. The SMILES string of the molecule is CN(CC(=O)O)C1CCCN(CC(=O)Nc2ccc3c(c2)OCCO3)CC1. The van der Waals surface area contributed by atoms with Crippen LogP contribution in [0.4, 0.5) is 5.69 Å². The summed E-state index contributed by atoms with van der Waals surface area (Å²) in [6.07, 6.45) is 2.76. The fourth-order valence-electron chi connectivity index (χ4n) is 3.60. The predicted molar refractivity (Wildman–Crippen MR) is 100 cm³/mol. The lowest BCUT2D eigenvalue weighted by Crippen LogP contribution is -2.37. The molecular formula is C19H27N3O5. The summed E-state index contributed by atoms with van der Waals surface area (Å²) in [5.74, 6) is 0.475. The van der Waals surface area contributed by atoms with Gasteiger partial charge in [-0.3, -0.25) is 19.4 Å². The summed E-state index contributed by atoms with van der Waals surface area (Å²) < 4.78 is 11.0. The average Bonchev–Trinajstić information content (AvgIpc) is 2.86. The zero-order chi connectivity index (χ0) is 19.2. The van der Waals surface area contributed by atoms with Gasteiger partial charge in [-0.15, -0.1) is 0 Å². The molecule has 2 aliphatic rings. The first kappa shape index (κ1) is 19.4. The quantitative estimate of drug-likeness (QED) is 0.771. The summed E-state index contributed by atoms with van der Waals surface area (Å²) in [6.45, 7) is 3.04. The van der Waals surface area contributed by atoms with Crippen molar-refractivity contribution in [2.45, 2.75) is 25.3 Å². The van der Waals surface area contributed by atoms with Gasteiger partial charge in [-0.1, -0.05) is 0 Å². The maximum atomic E-state index is 12.4. The van der Waals surface area contributed by atoms with Crippen LogP contribution in [0.3, 0.4) is 0 Å². The number of carboxylic acids is 1. The second-order valence-corrected chi connectivity index (χ2v) is 7.08. The molecule has 148 valence electrons. The van der Waals surface area contributed by atoms with Crippen molar-refractivity contribution in [3.8, 4) is 11.5 Å². The number of aliphatic carboxylic acids is 1. The van der Waals surface area contributed by atoms with E-state index in [0.717, 1.165) is 32.4 Å². The molecule has 0 radical (unpaired) electrons. The fourth-order valence-corrected chi connectivity index (χ4v) is 3.60. The van der Waals surface area contributed by atoms with Crippen molar-refractivity contribution in [1.29, 1.82) is 0 Å². The molecular weight excluding hydrogens is 350 g/mol. The monoisotopic (exact) mass is 377 g/mol. The summed E-state index contributed by atoms with van der Waals surface area (Å²) in [7, 11) is 1.85. The molecule has 27 heavy (non-hydrogen) atoms. The van der Waals surface area contributed by atoms with Crippen molar-refractivity contribution in [3.05, 3.63) is 18.2 Å². The number of likely N-dealkylation sites (tertiary alicyclic amines) is 1. The number of hydrogen-bond donors (Lipinski definition) is 2. The normalized spacial score (nSPS) is 20.1. The standard InChI is InChI=1S/C19H27N3O5/c1-21(13-19(24)25)15-3-2-7-22(8-6-15)12-18(23)20-14-4-5-16-17(11-14)27-10-9-26-16/h4-5,11,15H,2-3,6-10,12-13H2,1H3,(H,20,23)(H,24,25). The minimum absolute atomic E-state index is 0.0509. The van der Waals surface area contributed by atoms with Crippen LogP contribution in [0, 0.1) is 0 Å². The number of likely N-dealkylation sites (N-methyl/N-ethyl adjacent to an activating group) is 1. The molecule has 1 aromatic rings. The van der Waals surface area contributed by atoms with E-state index in [1.165, 1.54) is 0 Å². The smallest absolute Gasteiger partial charge is 0.317 e. The molecule has 8 heteroatoms. The lowest BCUT2D eigenvalue weighted by molar-refractivity contribution is -0.138. The number of ether oxygens (including phenoxy) is 2. The molecule has 2 heterocycles. The van der Waals surface area contributed by atoms with E-state index in [1.807, 2.05) is 18.0 Å². The van der Waals surface area contributed by atoms with Gasteiger partial charge in [0.05, 0.1) is 13.1 Å². The highest BCUT2D eigenvalue weighted by molar-refractivity contribution is 5.92. The Kier molecular flexibility index (Phi) is 6.52. The third-order valence-electron chi connectivity index (χ3n) is 4.99. The Morgan fingerprint density at radius 1 is 1.22 bits per heavy atom. The minimum atomic E-state index is -0.808. The number of carbonyl (C=O) groups is 2. The van der Waals surface area contributed by atoms with Crippen LogP contribution in [0.25, 0.3) is 0 Å². The van der Waals surface area contributed by atoms with Crippen LogP contribution in [0.1, 0.15) is 19.3 Å². The highest BCUT2D eigenvalue weighted by atomic mass is 16.6. The number of carbonyl (C=O) groups excluding carboxylic acids is 1. The van der Waals surface area contributed by atoms with Crippen molar-refractivity contribution in [3.63, 3.8) is 0 Å². The Labute approximate surface area is 159 Å². The van der Waals surface area contributed by atoms with E-state index in [-0.39, 0.29) is 18.5 Å². The van der Waals surface area contributed by atoms with Crippen LogP contribution in [0.5, 0.6) is 11.5 Å². The van der Waals surface area contributed by atoms with E-state index in [0.29, 0.717) is 36.9 Å². The predicted octanol–water partition coefficient (Wildman–Crippen LogP) is 1.27. The van der Waals surface area contributed by atoms with E-state index in [1.54, 1.807) is 12.1 Å². The van der Waals surface area contributed by atoms with E-state index < -0.39 is 5.97 Å². The molecule has 1 saturated heterocycles. The number of fused-ring (bicyclic) bond motifs is 1. The molecule has 0 saturated carbocycles. The van der Waals surface area contributed by atoms with Gasteiger partial charge in [0.15, 0.2) is 11.5 Å². The van der Waals surface area contributed by atoms with Gasteiger partial charge < -0.3 is 19.9 Å². The molecule has 1 fully saturated rings. The third kappa shape index (κ3) is 5.58. The summed E-state index contributed by atoms with van der Waals surface area (Å²) in [6, 6.07) is 5.64. The summed E-state index contributed by atoms with van der Waals surface area (Å²) in [5.41, 5.74) is 0.693. The molecule has 1 unspecified atom stereocenters. The first-order chi connectivity index (χ1) is 13.0. The summed E-state index contributed by atoms with van der Waals surface area (Å²) in [5, 5.41) is 11.9. The molecule has 1 atom stereocenters. The van der Waals surface area contributed by atoms with Gasteiger partial charge in [-0.2, -0.15) is 0 Å². The Hall–Kier alpha value is -2.32. The van der Waals surface area contributed by atoms with Crippen LogP contribution in [0.15, 0.2) is 18.2 Å². The van der Waals surface area contributed by atoms with E-state index in [4.69, 9.17) is 14.6 Å². The second-order valence-electron chi connectivity index (χ2n) is 7.08. The van der Waals surface area contributed by atoms with Gasteiger partial charge >= 0.3 is 5.97 Å². The maximum absolute atomic E-state index is 12.4. The van der Waals surface area contributed by atoms with E-state index >= 15 is 0 Å². The zero-order valence-corrected chi connectivity index (χ0v) is 15.6. The van der Waals surface area contributed by atoms with E-state index in [2.05, 4.69) is 10.2 Å². The maximum Gasteiger partial charge on any atom is 0.317 e. The molecule has 1 amide bonds.